The van der Waals surface area contributed by atoms with Crippen molar-refractivity contribution in [1.29, 1.82) is 0 Å². The van der Waals surface area contributed by atoms with E-state index >= 15 is 0 Å². The van der Waals surface area contributed by atoms with E-state index in [0.29, 0.717) is 11.5 Å². The zero-order chi connectivity index (χ0) is 20.9. The Morgan fingerprint density at radius 1 is 0.968 bits per heavy atom. The molecule has 3 saturated heterocycles. The van der Waals surface area contributed by atoms with Crippen LogP contribution in [0.5, 0.6) is 11.5 Å². The molecule has 0 amide bonds. The summed E-state index contributed by atoms with van der Waals surface area (Å²) in [6.45, 7) is 1.23. The van der Waals surface area contributed by atoms with Crippen molar-refractivity contribution in [2.75, 3.05) is 0 Å². The summed E-state index contributed by atoms with van der Waals surface area (Å²) in [5.41, 5.74) is -3.59. The average Bonchev–Trinajstić information content (AvgIpc) is 3.63. The van der Waals surface area contributed by atoms with Gasteiger partial charge in [0.15, 0.2) is 18.3 Å². The summed E-state index contributed by atoms with van der Waals surface area (Å²) in [6.07, 6.45) is -4.40. The number of rotatable bonds is 1. The van der Waals surface area contributed by atoms with Crippen molar-refractivity contribution in [3.8, 4) is 11.5 Å². The molecule has 156 valence electrons. The Morgan fingerprint density at radius 2 is 1.68 bits per heavy atom. The molecule has 2 aliphatic carbocycles. The van der Waals surface area contributed by atoms with Gasteiger partial charge in [-0.1, -0.05) is 24.3 Å². The molecular weight excluding hydrogens is 408 g/mol. The minimum absolute atomic E-state index is 0.444. The molecule has 0 aromatic heterocycles. The van der Waals surface area contributed by atoms with Gasteiger partial charge in [-0.25, -0.2) is 0 Å². The third kappa shape index (κ3) is 1.53. The minimum atomic E-state index is -1.83. The van der Waals surface area contributed by atoms with Crippen molar-refractivity contribution in [1.82, 2.24) is 0 Å². The summed E-state index contributed by atoms with van der Waals surface area (Å²) in [5, 5.41) is 1.66. The number of ketones is 2. The van der Waals surface area contributed by atoms with E-state index in [1.165, 1.54) is 6.92 Å². The predicted molar refractivity (Wildman–Crippen MR) is 97.4 cm³/mol. The number of hydrogen-bond acceptors (Lipinski definition) is 9. The van der Waals surface area contributed by atoms with Crippen molar-refractivity contribution >= 4 is 28.3 Å². The first kappa shape index (κ1) is 16.7. The molecule has 4 heterocycles. The standard InChI is InChI=1S/C22H14O9/c1-8(23)26-18-14-13(27-14)17(25)21-20(18,31-21)16(24)15-19(28-15)22(21)29-10-6-2-4-9-5-3-7-11(30-22)12(9)10/h2-7,13-15,18-19H,1H3/t13-,14+,15+,18-,19+,20+,21-/m0/s1. The summed E-state index contributed by atoms with van der Waals surface area (Å²) in [5.74, 6) is -2.24. The second kappa shape index (κ2) is 4.59. The number of carbonyl (C=O) groups is 3. The number of ether oxygens (including phenoxy) is 6. The molecule has 2 aromatic rings. The molecular formula is C22H14O9. The minimum Gasteiger partial charge on any atom is -0.456 e. The second-order valence-electron chi connectivity index (χ2n) is 8.76. The Kier molecular flexibility index (Phi) is 2.47. The van der Waals surface area contributed by atoms with Gasteiger partial charge in [0.2, 0.25) is 17.2 Å². The van der Waals surface area contributed by atoms with Crippen LogP contribution in [0.1, 0.15) is 6.92 Å². The fraction of sp³-hybridized carbons (Fsp3) is 0.409. The SMILES string of the molecule is CC(=O)O[C@H]1[C@@H]2O[C@@H]2C(=O)[C@]23O[C@]12C(=O)[C@H]1O[C@H]1C31Oc2cccc3cccc(c23)O1. The van der Waals surface area contributed by atoms with Crippen molar-refractivity contribution < 1.29 is 42.8 Å². The molecule has 0 N–H and O–H groups in total. The fourth-order valence-corrected chi connectivity index (χ4v) is 5.96. The Balaban J connectivity index is 1.37. The van der Waals surface area contributed by atoms with E-state index in [0.717, 1.165) is 10.8 Å². The van der Waals surface area contributed by atoms with Crippen molar-refractivity contribution in [3.05, 3.63) is 36.4 Å². The van der Waals surface area contributed by atoms with Crippen LogP contribution in [0.3, 0.4) is 0 Å². The van der Waals surface area contributed by atoms with Gasteiger partial charge >= 0.3 is 11.8 Å². The first-order valence-corrected chi connectivity index (χ1v) is 10.1. The monoisotopic (exact) mass is 422 g/mol. The molecule has 0 unspecified atom stereocenters. The molecule has 9 nitrogen and oxygen atoms in total. The topological polar surface area (TPSA) is 116 Å². The zero-order valence-corrected chi connectivity index (χ0v) is 16.0. The number of benzene rings is 2. The van der Waals surface area contributed by atoms with Gasteiger partial charge < -0.3 is 28.4 Å². The van der Waals surface area contributed by atoms with Gasteiger partial charge in [-0.2, -0.15) is 0 Å². The number of fused-ring (bicyclic) bond motifs is 3. The number of hydrogen-bond donors (Lipinski definition) is 0. The van der Waals surface area contributed by atoms with Crippen LogP contribution >= 0.6 is 0 Å². The van der Waals surface area contributed by atoms with Crippen LogP contribution in [-0.4, -0.2) is 65.0 Å². The molecule has 8 rings (SSSR count). The van der Waals surface area contributed by atoms with Crippen molar-refractivity contribution in [2.45, 2.75) is 54.4 Å². The van der Waals surface area contributed by atoms with Crippen molar-refractivity contribution in [3.63, 3.8) is 0 Å². The summed E-state index contributed by atoms with van der Waals surface area (Å²) >= 11 is 0. The Morgan fingerprint density at radius 3 is 2.35 bits per heavy atom. The number of Topliss-reactive ketones (excluding diaryl/α,β-unsaturated/α-hetero) is 2. The lowest BCUT2D eigenvalue weighted by molar-refractivity contribution is -0.194. The summed E-state index contributed by atoms with van der Waals surface area (Å²) in [7, 11) is 0. The van der Waals surface area contributed by atoms with E-state index in [1.807, 2.05) is 24.3 Å². The van der Waals surface area contributed by atoms with Crippen LogP contribution in [0, 0.1) is 0 Å². The molecule has 7 atom stereocenters. The fourth-order valence-electron chi connectivity index (χ4n) is 5.96. The van der Waals surface area contributed by atoms with E-state index < -0.39 is 65.0 Å². The van der Waals surface area contributed by atoms with E-state index in [1.54, 1.807) is 12.1 Å². The van der Waals surface area contributed by atoms with Gasteiger partial charge in [0.1, 0.15) is 23.7 Å². The summed E-state index contributed by atoms with van der Waals surface area (Å²) in [4.78, 5) is 38.8. The number of carbonyl (C=O) groups excluding carboxylic acids is 3. The first-order valence-electron chi connectivity index (χ1n) is 10.1. The van der Waals surface area contributed by atoms with E-state index in [4.69, 9.17) is 28.4 Å². The Hall–Kier alpha value is -3.01. The number of epoxide rings is 3. The third-order valence-corrected chi connectivity index (χ3v) is 7.25. The smallest absolute Gasteiger partial charge is 0.321 e. The maximum Gasteiger partial charge on any atom is 0.321 e. The molecule has 0 bridgehead atoms. The van der Waals surface area contributed by atoms with Gasteiger partial charge in [-0.15, -0.1) is 0 Å². The molecule has 0 radical (unpaired) electrons. The largest absolute Gasteiger partial charge is 0.456 e. The van der Waals surface area contributed by atoms with Crippen LogP contribution in [-0.2, 0) is 33.3 Å². The van der Waals surface area contributed by atoms with Gasteiger partial charge in [-0.3, -0.25) is 14.4 Å². The lowest BCUT2D eigenvalue weighted by Gasteiger charge is -2.44. The molecule has 5 fully saturated rings. The molecule has 2 saturated carbocycles. The first-order chi connectivity index (χ1) is 14.9. The van der Waals surface area contributed by atoms with E-state index in [9.17, 15) is 14.4 Å². The Bertz CT molecular complexity index is 1240. The van der Waals surface area contributed by atoms with Crippen molar-refractivity contribution in [2.24, 2.45) is 0 Å². The van der Waals surface area contributed by atoms with Gasteiger partial charge in [0.05, 0.1) is 5.39 Å². The quantitative estimate of drug-likeness (QED) is 0.477. The predicted octanol–water partition coefficient (Wildman–Crippen LogP) is 0.447. The van der Waals surface area contributed by atoms with Gasteiger partial charge in [0, 0.05) is 6.92 Å². The summed E-state index contributed by atoms with van der Waals surface area (Å²) in [6, 6.07) is 11.1. The van der Waals surface area contributed by atoms with E-state index in [-0.39, 0.29) is 0 Å². The Labute approximate surface area is 174 Å². The normalized spacial score (nSPS) is 43.6. The highest BCUT2D eigenvalue weighted by molar-refractivity contribution is 6.15. The van der Waals surface area contributed by atoms with Gasteiger partial charge in [-0.05, 0) is 17.5 Å². The van der Waals surface area contributed by atoms with Gasteiger partial charge in [0.25, 0.3) is 5.60 Å². The molecule has 1 spiro atoms. The molecule has 6 aliphatic rings. The highest BCUT2D eigenvalue weighted by Crippen LogP contribution is 2.73. The molecule has 2 aromatic carbocycles. The lowest BCUT2D eigenvalue weighted by atomic mass is 9.64. The zero-order valence-electron chi connectivity index (χ0n) is 16.0. The van der Waals surface area contributed by atoms with Crippen LogP contribution in [0.25, 0.3) is 10.8 Å². The lowest BCUT2D eigenvalue weighted by Crippen LogP contribution is -2.75. The third-order valence-electron chi connectivity index (χ3n) is 7.25. The maximum absolute atomic E-state index is 13.6. The second-order valence-corrected chi connectivity index (χ2v) is 8.76. The highest BCUT2D eigenvalue weighted by Gasteiger charge is 3.04. The van der Waals surface area contributed by atoms with E-state index in [2.05, 4.69) is 0 Å². The van der Waals surface area contributed by atoms with Crippen LogP contribution < -0.4 is 9.47 Å². The molecule has 4 aliphatic heterocycles. The van der Waals surface area contributed by atoms with Crippen LogP contribution in [0.2, 0.25) is 0 Å². The molecule has 31 heavy (non-hydrogen) atoms. The maximum atomic E-state index is 13.6. The highest BCUT2D eigenvalue weighted by atomic mass is 16.8. The average molecular weight is 422 g/mol. The summed E-state index contributed by atoms with van der Waals surface area (Å²) < 4.78 is 35.6. The van der Waals surface area contributed by atoms with Crippen LogP contribution in [0.4, 0.5) is 0 Å². The molecule has 9 heteroatoms. The van der Waals surface area contributed by atoms with Crippen LogP contribution in [0.15, 0.2) is 36.4 Å². The number of esters is 1.